The normalized spacial score (nSPS) is 11.0. The lowest BCUT2D eigenvalue weighted by molar-refractivity contribution is 0.0995. The summed E-state index contributed by atoms with van der Waals surface area (Å²) in [6.07, 6.45) is 0. The number of oxazole rings is 1. The third kappa shape index (κ3) is 3.31. The summed E-state index contributed by atoms with van der Waals surface area (Å²) in [5.74, 6) is 0.339. The third-order valence-electron chi connectivity index (χ3n) is 3.51. The van der Waals surface area contributed by atoms with Gasteiger partial charge < -0.3 is 14.2 Å². The Hall–Kier alpha value is -2.57. The smallest absolute Gasteiger partial charge is 0.291 e. The van der Waals surface area contributed by atoms with E-state index in [0.29, 0.717) is 32.4 Å². The van der Waals surface area contributed by atoms with Crippen LogP contribution in [0.3, 0.4) is 0 Å². The van der Waals surface area contributed by atoms with Gasteiger partial charge in [0, 0.05) is 16.3 Å². The van der Waals surface area contributed by atoms with Gasteiger partial charge in [0.25, 0.3) is 5.91 Å². The molecule has 0 spiro atoms. The Morgan fingerprint density at radius 3 is 2.72 bits per heavy atom. The highest BCUT2D eigenvalue weighted by molar-refractivity contribution is 9.10. The average Bonchev–Trinajstić information content (AvgIpc) is 3.20. The Balaban J connectivity index is 1.63. The SMILES string of the molecule is O=C(Nc1ccc2oc(-c3cccc(Cl)c3)nc2c1)c1ccc(Br)o1. The summed E-state index contributed by atoms with van der Waals surface area (Å²) in [4.78, 5) is 16.6. The van der Waals surface area contributed by atoms with E-state index in [1.165, 1.54) is 0 Å². The van der Waals surface area contributed by atoms with E-state index in [9.17, 15) is 4.79 Å². The van der Waals surface area contributed by atoms with Crippen molar-refractivity contribution in [2.24, 2.45) is 0 Å². The van der Waals surface area contributed by atoms with Crippen LogP contribution in [0.4, 0.5) is 5.69 Å². The second-order valence-electron chi connectivity index (χ2n) is 5.27. The molecule has 4 rings (SSSR count). The van der Waals surface area contributed by atoms with Crippen molar-refractivity contribution in [3.63, 3.8) is 0 Å². The molecule has 0 aliphatic heterocycles. The molecule has 25 heavy (non-hydrogen) atoms. The number of furan rings is 1. The second kappa shape index (κ2) is 6.38. The Morgan fingerprint density at radius 1 is 1.08 bits per heavy atom. The number of hydrogen-bond donors (Lipinski definition) is 1. The molecule has 0 fully saturated rings. The Kier molecular flexibility index (Phi) is 4.07. The molecule has 0 radical (unpaired) electrons. The molecule has 1 N–H and O–H groups in total. The number of anilines is 1. The molecule has 2 aromatic carbocycles. The van der Waals surface area contributed by atoms with Gasteiger partial charge in [-0.1, -0.05) is 17.7 Å². The van der Waals surface area contributed by atoms with Gasteiger partial charge in [-0.05, 0) is 64.5 Å². The van der Waals surface area contributed by atoms with Crippen LogP contribution in [-0.4, -0.2) is 10.9 Å². The highest BCUT2D eigenvalue weighted by atomic mass is 79.9. The molecular weight excluding hydrogens is 408 g/mol. The highest BCUT2D eigenvalue weighted by Crippen LogP contribution is 2.28. The van der Waals surface area contributed by atoms with Crippen molar-refractivity contribution in [2.45, 2.75) is 0 Å². The lowest BCUT2D eigenvalue weighted by atomic mass is 10.2. The van der Waals surface area contributed by atoms with Crippen LogP contribution >= 0.6 is 27.5 Å². The largest absolute Gasteiger partial charge is 0.444 e. The zero-order chi connectivity index (χ0) is 17.4. The molecule has 7 heteroatoms. The zero-order valence-electron chi connectivity index (χ0n) is 12.6. The van der Waals surface area contributed by atoms with Crippen LogP contribution in [0, 0.1) is 0 Å². The summed E-state index contributed by atoms with van der Waals surface area (Å²) in [6.45, 7) is 0. The number of benzene rings is 2. The number of rotatable bonds is 3. The van der Waals surface area contributed by atoms with E-state index < -0.39 is 0 Å². The Morgan fingerprint density at radius 2 is 1.96 bits per heavy atom. The molecule has 0 saturated heterocycles. The van der Waals surface area contributed by atoms with Gasteiger partial charge in [0.05, 0.1) is 0 Å². The van der Waals surface area contributed by atoms with Crippen LogP contribution in [0.25, 0.3) is 22.6 Å². The monoisotopic (exact) mass is 416 g/mol. The number of fused-ring (bicyclic) bond motifs is 1. The van der Waals surface area contributed by atoms with E-state index in [2.05, 4.69) is 26.2 Å². The first-order valence-electron chi connectivity index (χ1n) is 7.32. The van der Waals surface area contributed by atoms with E-state index in [1.807, 2.05) is 12.1 Å². The van der Waals surface area contributed by atoms with E-state index in [4.69, 9.17) is 20.4 Å². The first-order chi connectivity index (χ1) is 12.1. The van der Waals surface area contributed by atoms with Crippen LogP contribution in [0.1, 0.15) is 10.6 Å². The van der Waals surface area contributed by atoms with E-state index in [0.717, 1.165) is 5.56 Å². The van der Waals surface area contributed by atoms with Crippen LogP contribution in [0.2, 0.25) is 5.02 Å². The maximum Gasteiger partial charge on any atom is 0.291 e. The molecule has 0 atom stereocenters. The summed E-state index contributed by atoms with van der Waals surface area (Å²) < 4.78 is 11.5. The lowest BCUT2D eigenvalue weighted by Crippen LogP contribution is -2.10. The van der Waals surface area contributed by atoms with Crippen LogP contribution < -0.4 is 5.32 Å². The average molecular weight is 418 g/mol. The van der Waals surface area contributed by atoms with Crippen molar-refractivity contribution in [2.75, 3.05) is 5.32 Å². The fourth-order valence-corrected chi connectivity index (χ4v) is 2.88. The number of halogens is 2. The number of nitrogens with zero attached hydrogens (tertiary/aromatic N) is 1. The number of hydrogen-bond acceptors (Lipinski definition) is 4. The van der Waals surface area contributed by atoms with Crippen molar-refractivity contribution in [1.82, 2.24) is 4.98 Å². The first-order valence-corrected chi connectivity index (χ1v) is 8.49. The highest BCUT2D eigenvalue weighted by Gasteiger charge is 2.13. The molecule has 5 nitrogen and oxygen atoms in total. The second-order valence-corrected chi connectivity index (χ2v) is 6.49. The molecule has 2 aromatic heterocycles. The zero-order valence-corrected chi connectivity index (χ0v) is 15.0. The minimum Gasteiger partial charge on any atom is -0.444 e. The summed E-state index contributed by atoms with van der Waals surface area (Å²) in [7, 11) is 0. The molecule has 0 aliphatic rings. The Bertz CT molecular complexity index is 1090. The minimum absolute atomic E-state index is 0.215. The molecular formula is C18H10BrClN2O3. The Labute approximate surface area is 155 Å². The fraction of sp³-hybridized carbons (Fsp3) is 0. The topological polar surface area (TPSA) is 68.3 Å². The number of carbonyl (C=O) groups excluding carboxylic acids is 1. The van der Waals surface area contributed by atoms with Gasteiger partial charge in [-0.3, -0.25) is 4.79 Å². The lowest BCUT2D eigenvalue weighted by Gasteiger charge is -2.02. The van der Waals surface area contributed by atoms with Gasteiger partial charge in [0.2, 0.25) is 5.89 Å². The fourth-order valence-electron chi connectivity index (χ4n) is 2.38. The van der Waals surface area contributed by atoms with Crippen LogP contribution in [-0.2, 0) is 0 Å². The molecule has 124 valence electrons. The summed E-state index contributed by atoms with van der Waals surface area (Å²) in [5.41, 5.74) is 2.63. The van der Waals surface area contributed by atoms with Crippen molar-refractivity contribution >= 4 is 50.2 Å². The van der Waals surface area contributed by atoms with Gasteiger partial charge in [-0.2, -0.15) is 0 Å². The molecule has 0 unspecified atom stereocenters. The van der Waals surface area contributed by atoms with Gasteiger partial charge in [0.15, 0.2) is 16.0 Å². The van der Waals surface area contributed by atoms with Gasteiger partial charge in [-0.25, -0.2) is 4.98 Å². The maximum atomic E-state index is 12.1. The predicted octanol–water partition coefficient (Wildman–Crippen LogP) is 5.76. The number of amides is 1. The number of aromatic nitrogens is 1. The first kappa shape index (κ1) is 15.9. The molecule has 2 heterocycles. The van der Waals surface area contributed by atoms with E-state index in [1.54, 1.807) is 42.5 Å². The standard InChI is InChI=1S/C18H10BrClN2O3/c19-16-7-6-15(24-16)17(23)21-12-4-5-14-13(9-12)22-18(25-14)10-2-1-3-11(20)8-10/h1-9H,(H,21,23). The van der Waals surface area contributed by atoms with Gasteiger partial charge >= 0.3 is 0 Å². The quantitative estimate of drug-likeness (QED) is 0.460. The van der Waals surface area contributed by atoms with Crippen molar-refractivity contribution in [1.29, 1.82) is 0 Å². The summed E-state index contributed by atoms with van der Waals surface area (Å²) in [5, 5.41) is 3.37. The predicted molar refractivity (Wildman–Crippen MR) is 98.8 cm³/mol. The molecule has 1 amide bonds. The molecule has 0 aliphatic carbocycles. The number of carbonyl (C=O) groups is 1. The maximum absolute atomic E-state index is 12.1. The summed E-state index contributed by atoms with van der Waals surface area (Å²) in [6, 6.07) is 15.8. The van der Waals surface area contributed by atoms with Gasteiger partial charge in [0.1, 0.15) is 5.52 Å². The van der Waals surface area contributed by atoms with Crippen LogP contribution in [0.15, 0.2) is 68.1 Å². The van der Waals surface area contributed by atoms with Crippen molar-refractivity contribution < 1.29 is 13.6 Å². The van der Waals surface area contributed by atoms with E-state index in [-0.39, 0.29) is 11.7 Å². The van der Waals surface area contributed by atoms with E-state index >= 15 is 0 Å². The molecule has 4 aromatic rings. The number of nitrogens with one attached hydrogen (secondary N) is 1. The molecule has 0 bridgehead atoms. The molecule has 0 saturated carbocycles. The summed E-state index contributed by atoms with van der Waals surface area (Å²) >= 11 is 9.18. The van der Waals surface area contributed by atoms with Gasteiger partial charge in [-0.15, -0.1) is 0 Å². The van der Waals surface area contributed by atoms with Crippen LogP contribution in [0.5, 0.6) is 0 Å². The van der Waals surface area contributed by atoms with Crippen molar-refractivity contribution in [3.8, 4) is 11.5 Å². The van der Waals surface area contributed by atoms with Crippen molar-refractivity contribution in [3.05, 3.63) is 70.0 Å². The minimum atomic E-state index is -0.344. The third-order valence-corrected chi connectivity index (χ3v) is 4.18.